The molecule has 5 aliphatic heterocycles. The maximum atomic E-state index is 13.3. The third kappa shape index (κ3) is 2.52. The Kier molecular flexibility index (Phi) is 4.08. The number of rotatable bonds is 1. The summed E-state index contributed by atoms with van der Waals surface area (Å²) in [5.74, 6) is -0.328. The number of esters is 1. The van der Waals surface area contributed by atoms with Crippen molar-refractivity contribution >= 4 is 11.9 Å². The Bertz CT molecular complexity index is 732. The quantitative estimate of drug-likeness (QED) is 0.593. The molecule has 8 nitrogen and oxygen atoms in total. The fourth-order valence-electron chi connectivity index (χ4n) is 7.25. The van der Waals surface area contributed by atoms with E-state index in [2.05, 4.69) is 5.32 Å². The lowest BCUT2D eigenvalue weighted by Crippen LogP contribution is -2.65. The first kappa shape index (κ1) is 18.5. The van der Waals surface area contributed by atoms with Crippen LogP contribution < -0.4 is 5.32 Å². The van der Waals surface area contributed by atoms with Crippen LogP contribution in [0.4, 0.5) is 0 Å². The molecular formula is C21H30N2O6. The molecule has 1 aliphatic carbocycles. The lowest BCUT2D eigenvalue weighted by Gasteiger charge is -2.50. The third-order valence-electron chi connectivity index (χ3n) is 8.82. The minimum atomic E-state index is -1.55. The molecule has 8 heteroatoms. The van der Waals surface area contributed by atoms with Gasteiger partial charge in [-0.05, 0) is 43.9 Å². The first-order chi connectivity index (χ1) is 14.0. The molecule has 10 atom stereocenters. The number of carbonyl (C=O) groups excluding carboxylic acids is 2. The number of ether oxygens (including phenoxy) is 3. The van der Waals surface area contributed by atoms with Crippen LogP contribution in [-0.4, -0.2) is 77.8 Å². The second-order valence-corrected chi connectivity index (χ2v) is 9.94. The van der Waals surface area contributed by atoms with Gasteiger partial charge in [0.25, 0.3) is 0 Å². The molecule has 0 aromatic carbocycles. The molecule has 5 heterocycles. The van der Waals surface area contributed by atoms with E-state index >= 15 is 0 Å². The summed E-state index contributed by atoms with van der Waals surface area (Å²) >= 11 is 0. The topological polar surface area (TPSA) is 97.3 Å². The maximum absolute atomic E-state index is 13.3. The van der Waals surface area contributed by atoms with Gasteiger partial charge in [-0.2, -0.15) is 0 Å². The van der Waals surface area contributed by atoms with E-state index in [0.717, 1.165) is 25.8 Å². The van der Waals surface area contributed by atoms with Crippen molar-refractivity contribution in [1.82, 2.24) is 10.2 Å². The van der Waals surface area contributed by atoms with Gasteiger partial charge in [0, 0.05) is 30.6 Å². The number of piperidine rings is 2. The molecule has 1 amide bonds. The van der Waals surface area contributed by atoms with Crippen LogP contribution in [0.3, 0.4) is 0 Å². The molecule has 0 aromatic rings. The Labute approximate surface area is 170 Å². The number of nitrogens with one attached hydrogen (secondary N) is 1. The Morgan fingerprint density at radius 2 is 1.93 bits per heavy atom. The summed E-state index contributed by atoms with van der Waals surface area (Å²) < 4.78 is 16.7. The fraction of sp³-hybridized carbons (Fsp3) is 0.905. The first-order valence-electron chi connectivity index (χ1n) is 11.2. The molecule has 0 radical (unpaired) electrons. The van der Waals surface area contributed by atoms with Gasteiger partial charge >= 0.3 is 5.97 Å². The molecule has 160 valence electrons. The van der Waals surface area contributed by atoms with Gasteiger partial charge in [0.05, 0.1) is 18.1 Å². The molecule has 6 rings (SSSR count). The Hall–Kier alpha value is -1.22. The van der Waals surface area contributed by atoms with Crippen LogP contribution in [0.15, 0.2) is 0 Å². The lowest BCUT2D eigenvalue weighted by atomic mass is 9.67. The zero-order valence-electron chi connectivity index (χ0n) is 16.8. The van der Waals surface area contributed by atoms with Crippen LogP contribution in [0.5, 0.6) is 0 Å². The van der Waals surface area contributed by atoms with Gasteiger partial charge in [0.2, 0.25) is 5.91 Å². The highest BCUT2D eigenvalue weighted by Gasteiger charge is 2.62. The number of nitrogens with zero attached hydrogens (tertiary/aromatic N) is 1. The Balaban J connectivity index is 1.26. The van der Waals surface area contributed by atoms with Crippen molar-refractivity contribution in [3.05, 3.63) is 0 Å². The number of aliphatic hydroxyl groups is 1. The van der Waals surface area contributed by atoms with Crippen molar-refractivity contribution in [3.63, 3.8) is 0 Å². The van der Waals surface area contributed by atoms with E-state index in [1.807, 2.05) is 4.90 Å². The average Bonchev–Trinajstić information content (AvgIpc) is 3.32. The van der Waals surface area contributed by atoms with Crippen LogP contribution in [-0.2, 0) is 23.8 Å². The van der Waals surface area contributed by atoms with Gasteiger partial charge in [0.1, 0.15) is 13.4 Å². The number of cyclic esters (lactones) is 1. The minimum Gasteiger partial charge on any atom is -0.463 e. The van der Waals surface area contributed by atoms with Crippen LogP contribution in [0.2, 0.25) is 0 Å². The van der Waals surface area contributed by atoms with Gasteiger partial charge < -0.3 is 29.5 Å². The minimum absolute atomic E-state index is 0.0390. The number of hydrogen-bond donors (Lipinski definition) is 2. The molecule has 1 saturated carbocycles. The fourth-order valence-corrected chi connectivity index (χ4v) is 7.25. The van der Waals surface area contributed by atoms with Crippen LogP contribution >= 0.6 is 0 Å². The lowest BCUT2D eigenvalue weighted by molar-refractivity contribution is -0.201. The smallest absolute Gasteiger partial charge is 0.338 e. The summed E-state index contributed by atoms with van der Waals surface area (Å²) in [7, 11) is 0. The Morgan fingerprint density at radius 1 is 1.14 bits per heavy atom. The standard InChI is InChI=1S/C21H30N2O6/c1-2-21(26)13-5-15-18-11(7-23(15)19(24)12(13)8-27-20(21)25)3-10-4-16-17(29-9-28-16)6-14(10)22-18/h10-18,22,26H,2-9H2,1H3/t10?,11?,12?,13?,14?,15?,16?,17?,18?,21-/m0/s1. The number of amides is 1. The second-order valence-electron chi connectivity index (χ2n) is 9.94. The highest BCUT2D eigenvalue weighted by molar-refractivity contribution is 5.87. The maximum Gasteiger partial charge on any atom is 0.338 e. The van der Waals surface area contributed by atoms with Gasteiger partial charge in [-0.1, -0.05) is 6.92 Å². The van der Waals surface area contributed by atoms with Crippen LogP contribution in [0, 0.1) is 23.7 Å². The van der Waals surface area contributed by atoms with Crippen molar-refractivity contribution < 1.29 is 28.9 Å². The van der Waals surface area contributed by atoms with Crippen molar-refractivity contribution in [2.75, 3.05) is 19.9 Å². The van der Waals surface area contributed by atoms with E-state index in [0.29, 0.717) is 31.1 Å². The van der Waals surface area contributed by atoms with Crippen LogP contribution in [0.25, 0.3) is 0 Å². The van der Waals surface area contributed by atoms with E-state index in [9.17, 15) is 14.7 Å². The molecule has 0 spiro atoms. The summed E-state index contributed by atoms with van der Waals surface area (Å²) in [5, 5.41) is 14.9. The normalized spacial score (nSPS) is 53.4. The average molecular weight is 406 g/mol. The number of hydrogen-bond acceptors (Lipinski definition) is 7. The van der Waals surface area contributed by atoms with Crippen molar-refractivity contribution in [2.45, 2.75) is 75.0 Å². The van der Waals surface area contributed by atoms with Gasteiger partial charge in [-0.15, -0.1) is 0 Å². The molecule has 0 aromatic heterocycles. The van der Waals surface area contributed by atoms with Crippen molar-refractivity contribution in [2.24, 2.45) is 23.7 Å². The SMILES string of the molecule is CC[C@@]1(O)C(=O)OCC2C(=O)N3CC4CC5CC6OCOC6CC5NC4C3CC21. The molecule has 6 fully saturated rings. The third-order valence-corrected chi connectivity index (χ3v) is 8.82. The predicted molar refractivity (Wildman–Crippen MR) is 99.5 cm³/mol. The number of fused-ring (bicyclic) bond motifs is 6. The summed E-state index contributed by atoms with van der Waals surface area (Å²) in [6.07, 6.45) is 4.40. The van der Waals surface area contributed by atoms with Gasteiger partial charge in [-0.3, -0.25) is 4.79 Å². The summed E-state index contributed by atoms with van der Waals surface area (Å²) in [5.41, 5.74) is -1.55. The zero-order valence-corrected chi connectivity index (χ0v) is 16.8. The monoisotopic (exact) mass is 406 g/mol. The highest BCUT2D eigenvalue weighted by Crippen LogP contribution is 2.49. The molecule has 5 saturated heterocycles. The van der Waals surface area contributed by atoms with E-state index in [1.165, 1.54) is 0 Å². The van der Waals surface area contributed by atoms with Crippen molar-refractivity contribution in [1.29, 1.82) is 0 Å². The first-order valence-corrected chi connectivity index (χ1v) is 11.2. The largest absolute Gasteiger partial charge is 0.463 e. The summed E-state index contributed by atoms with van der Waals surface area (Å²) in [6.45, 7) is 3.06. The second kappa shape index (κ2) is 6.39. The molecule has 6 aliphatic rings. The summed E-state index contributed by atoms with van der Waals surface area (Å²) in [4.78, 5) is 27.7. The molecule has 0 bridgehead atoms. The van der Waals surface area contributed by atoms with E-state index < -0.39 is 17.5 Å². The van der Waals surface area contributed by atoms with E-state index in [-0.39, 0.29) is 49.1 Å². The highest BCUT2D eigenvalue weighted by atomic mass is 16.7. The molecule has 9 unspecified atom stereocenters. The zero-order chi connectivity index (χ0) is 19.9. The molecule has 29 heavy (non-hydrogen) atoms. The molecule has 2 N–H and O–H groups in total. The van der Waals surface area contributed by atoms with Crippen molar-refractivity contribution in [3.8, 4) is 0 Å². The van der Waals surface area contributed by atoms with Gasteiger partial charge in [-0.25, -0.2) is 4.79 Å². The predicted octanol–water partition coefficient (Wildman–Crippen LogP) is 0.0294. The van der Waals surface area contributed by atoms with Gasteiger partial charge in [0.15, 0.2) is 5.60 Å². The Morgan fingerprint density at radius 3 is 2.72 bits per heavy atom. The molecular weight excluding hydrogens is 376 g/mol. The van der Waals surface area contributed by atoms with Crippen LogP contribution in [0.1, 0.15) is 39.0 Å². The summed E-state index contributed by atoms with van der Waals surface area (Å²) in [6, 6.07) is 0.643. The number of carbonyl (C=O) groups is 2. The van der Waals surface area contributed by atoms with E-state index in [4.69, 9.17) is 14.2 Å². The van der Waals surface area contributed by atoms with E-state index in [1.54, 1.807) is 6.92 Å².